The number of fused-ring (bicyclic) bond motifs is 13. The molecule has 0 atom stereocenters. The summed E-state index contributed by atoms with van der Waals surface area (Å²) in [6, 6.07) is 59.3. The van der Waals surface area contributed by atoms with Crippen LogP contribution in [0.25, 0.3) is 33.4 Å². The van der Waals surface area contributed by atoms with Crippen LogP contribution < -0.4 is 4.90 Å². The van der Waals surface area contributed by atoms with Gasteiger partial charge in [0, 0.05) is 22.5 Å². The highest BCUT2D eigenvalue weighted by Gasteiger charge is 2.51. The van der Waals surface area contributed by atoms with Gasteiger partial charge in [0.2, 0.25) is 0 Å². The predicted molar refractivity (Wildman–Crippen MR) is 227 cm³/mol. The van der Waals surface area contributed by atoms with Crippen molar-refractivity contribution in [1.29, 1.82) is 0 Å². The number of nitrogens with zero attached hydrogens (tertiary/aromatic N) is 1. The fourth-order valence-electron chi connectivity index (χ4n) is 9.80. The molecular weight excluding hydrogens is 651 g/mol. The number of hydrogen-bond acceptors (Lipinski definition) is 1. The Labute approximate surface area is 318 Å². The van der Waals surface area contributed by atoms with Gasteiger partial charge in [0.05, 0.1) is 5.41 Å². The van der Waals surface area contributed by atoms with Crippen LogP contribution in [0.1, 0.15) is 52.8 Å². The first kappa shape index (κ1) is 32.2. The predicted octanol–water partition coefficient (Wildman–Crippen LogP) is 13.6. The monoisotopic (exact) mass is 691 g/mol. The van der Waals surface area contributed by atoms with Crippen molar-refractivity contribution >= 4 is 17.1 Å². The highest BCUT2D eigenvalue weighted by molar-refractivity contribution is 5.96. The van der Waals surface area contributed by atoms with Crippen molar-refractivity contribution in [2.24, 2.45) is 0 Å². The fraction of sp³-hybridized carbons (Fsp3) is 0.0943. The zero-order valence-corrected chi connectivity index (χ0v) is 30.8. The van der Waals surface area contributed by atoms with Crippen molar-refractivity contribution in [3.63, 3.8) is 0 Å². The van der Waals surface area contributed by atoms with Gasteiger partial charge in [0.1, 0.15) is 0 Å². The Hall–Kier alpha value is -6.44. The Kier molecular flexibility index (Phi) is 7.35. The van der Waals surface area contributed by atoms with E-state index in [0.717, 1.165) is 17.8 Å². The van der Waals surface area contributed by atoms with Crippen LogP contribution in [0.15, 0.2) is 195 Å². The first-order chi connectivity index (χ1) is 26.5. The summed E-state index contributed by atoms with van der Waals surface area (Å²) < 4.78 is 0. The van der Waals surface area contributed by atoms with Crippen molar-refractivity contribution in [2.45, 2.75) is 31.1 Å². The van der Waals surface area contributed by atoms with Gasteiger partial charge in [-0.15, -0.1) is 0 Å². The molecule has 10 rings (SSSR count). The third-order valence-corrected chi connectivity index (χ3v) is 12.1. The van der Waals surface area contributed by atoms with Crippen LogP contribution in [-0.4, -0.2) is 0 Å². The molecule has 0 N–H and O–H groups in total. The summed E-state index contributed by atoms with van der Waals surface area (Å²) in [5.74, 6) is 0. The molecule has 7 aromatic rings. The molecular formula is C53H41N. The van der Waals surface area contributed by atoms with Crippen LogP contribution in [-0.2, 0) is 17.3 Å². The van der Waals surface area contributed by atoms with E-state index in [9.17, 15) is 0 Å². The van der Waals surface area contributed by atoms with E-state index in [-0.39, 0.29) is 5.41 Å². The van der Waals surface area contributed by atoms with Crippen molar-refractivity contribution in [3.05, 3.63) is 234 Å². The average Bonchev–Trinajstić information content (AvgIpc) is 3.77. The van der Waals surface area contributed by atoms with Gasteiger partial charge < -0.3 is 4.90 Å². The van der Waals surface area contributed by atoms with E-state index in [1.54, 1.807) is 0 Å². The summed E-state index contributed by atoms with van der Waals surface area (Å²) in [6.45, 7) is 8.57. The second kappa shape index (κ2) is 12.3. The van der Waals surface area contributed by atoms with E-state index >= 15 is 0 Å². The van der Waals surface area contributed by atoms with Crippen LogP contribution in [0.3, 0.4) is 0 Å². The van der Waals surface area contributed by atoms with Gasteiger partial charge in [-0.2, -0.15) is 0 Å². The summed E-state index contributed by atoms with van der Waals surface area (Å²) in [5.41, 5.74) is 20.3. The van der Waals surface area contributed by atoms with Crippen LogP contribution in [0.5, 0.6) is 0 Å². The number of benzene rings is 7. The minimum Gasteiger partial charge on any atom is -0.310 e. The smallest absolute Gasteiger partial charge is 0.0726 e. The van der Waals surface area contributed by atoms with Crippen LogP contribution in [0.2, 0.25) is 0 Å². The first-order valence-corrected chi connectivity index (χ1v) is 19.0. The van der Waals surface area contributed by atoms with Gasteiger partial charge in [-0.25, -0.2) is 0 Å². The molecule has 3 aliphatic rings. The van der Waals surface area contributed by atoms with Gasteiger partial charge in [0.15, 0.2) is 0 Å². The van der Waals surface area contributed by atoms with Gasteiger partial charge in [-0.05, 0) is 109 Å². The Morgan fingerprint density at radius 3 is 1.52 bits per heavy atom. The minimum atomic E-state index is -0.415. The van der Waals surface area contributed by atoms with Crippen molar-refractivity contribution in [1.82, 2.24) is 0 Å². The SMILES string of the molecule is C=C/C=C\C=C/Cc1ccccc1N(c1ccc2c(c1)C(C)(C)c1ccccc1-2)c1ccc2c(c1)C1(c3ccccc3-c3ccccc31)c1ccccc1-2. The second-order valence-corrected chi connectivity index (χ2v) is 15.2. The molecule has 3 aliphatic carbocycles. The molecule has 0 unspecified atom stereocenters. The normalized spacial score (nSPS) is 14.8. The topological polar surface area (TPSA) is 3.24 Å². The highest BCUT2D eigenvalue weighted by Crippen LogP contribution is 2.63. The third kappa shape index (κ3) is 4.51. The maximum Gasteiger partial charge on any atom is 0.0726 e. The molecule has 1 nitrogen and oxygen atoms in total. The third-order valence-electron chi connectivity index (χ3n) is 12.1. The van der Waals surface area contributed by atoms with E-state index in [1.807, 2.05) is 18.2 Å². The van der Waals surface area contributed by atoms with E-state index in [1.165, 1.54) is 78.0 Å². The summed E-state index contributed by atoms with van der Waals surface area (Å²) in [6.07, 6.45) is 11.0. The molecule has 1 heteroatoms. The van der Waals surface area contributed by atoms with E-state index in [2.05, 4.69) is 195 Å². The fourth-order valence-corrected chi connectivity index (χ4v) is 9.80. The molecule has 0 aliphatic heterocycles. The number of allylic oxidation sites excluding steroid dienone is 5. The number of rotatable bonds is 7. The summed E-state index contributed by atoms with van der Waals surface area (Å²) in [5, 5.41) is 0. The quantitative estimate of drug-likeness (QED) is 0.150. The first-order valence-electron chi connectivity index (χ1n) is 19.0. The second-order valence-electron chi connectivity index (χ2n) is 15.2. The van der Waals surface area contributed by atoms with E-state index < -0.39 is 5.41 Å². The lowest BCUT2D eigenvalue weighted by atomic mass is 9.70. The van der Waals surface area contributed by atoms with Crippen molar-refractivity contribution in [3.8, 4) is 33.4 Å². The molecule has 0 bridgehead atoms. The average molecular weight is 692 g/mol. The van der Waals surface area contributed by atoms with Gasteiger partial charge in [-0.1, -0.05) is 178 Å². The van der Waals surface area contributed by atoms with Gasteiger partial charge in [-0.3, -0.25) is 0 Å². The lowest BCUT2D eigenvalue weighted by Crippen LogP contribution is -2.26. The Bertz CT molecular complexity index is 2640. The molecule has 0 radical (unpaired) electrons. The number of anilines is 3. The zero-order chi connectivity index (χ0) is 36.4. The van der Waals surface area contributed by atoms with Gasteiger partial charge >= 0.3 is 0 Å². The number of hydrogen-bond donors (Lipinski definition) is 0. The molecule has 0 saturated heterocycles. The molecule has 258 valence electrons. The lowest BCUT2D eigenvalue weighted by molar-refractivity contribution is 0.660. The highest BCUT2D eigenvalue weighted by atomic mass is 15.1. The van der Waals surface area contributed by atoms with E-state index in [0.29, 0.717) is 0 Å². The van der Waals surface area contributed by atoms with Crippen molar-refractivity contribution in [2.75, 3.05) is 4.90 Å². The molecule has 54 heavy (non-hydrogen) atoms. The summed E-state index contributed by atoms with van der Waals surface area (Å²) in [7, 11) is 0. The van der Waals surface area contributed by atoms with Crippen LogP contribution in [0.4, 0.5) is 17.1 Å². The Balaban J connectivity index is 1.22. The molecule has 7 aromatic carbocycles. The lowest BCUT2D eigenvalue weighted by Gasteiger charge is -2.33. The van der Waals surface area contributed by atoms with E-state index in [4.69, 9.17) is 0 Å². The molecule has 1 spiro atoms. The standard InChI is InChI=1S/C53H41N/c1-4-5-6-7-8-19-36-20-9-18-29-51(36)54(37-30-32-43-39-21-10-14-25-45(39)52(2,3)49(43)34-37)38-31-33-44-42-24-13-17-28-48(42)53(50(44)35-38)46-26-15-11-22-40(46)41-23-12-16-27-47(41)53/h4-18,20-35H,1,19H2,2-3H3/b6-5-,8-7-. The van der Waals surface area contributed by atoms with Crippen LogP contribution in [0, 0.1) is 0 Å². The van der Waals surface area contributed by atoms with Gasteiger partial charge in [0.25, 0.3) is 0 Å². The Morgan fingerprint density at radius 1 is 0.463 bits per heavy atom. The Morgan fingerprint density at radius 2 is 0.926 bits per heavy atom. The number of para-hydroxylation sites is 1. The molecule has 0 amide bonds. The molecule has 0 fully saturated rings. The molecule has 0 heterocycles. The van der Waals surface area contributed by atoms with Crippen LogP contribution >= 0.6 is 0 Å². The maximum atomic E-state index is 3.83. The summed E-state index contributed by atoms with van der Waals surface area (Å²) >= 11 is 0. The maximum absolute atomic E-state index is 3.83. The largest absolute Gasteiger partial charge is 0.310 e. The minimum absolute atomic E-state index is 0.117. The zero-order valence-electron chi connectivity index (χ0n) is 30.8. The molecule has 0 saturated carbocycles. The summed E-state index contributed by atoms with van der Waals surface area (Å²) in [4.78, 5) is 2.51. The molecule has 0 aromatic heterocycles. The van der Waals surface area contributed by atoms with Crippen molar-refractivity contribution < 1.29 is 0 Å².